The number of rotatable bonds is 12. The van der Waals surface area contributed by atoms with Crippen molar-refractivity contribution in [3.8, 4) is 0 Å². The third-order valence-electron chi connectivity index (χ3n) is 5.63. The Morgan fingerprint density at radius 1 is 1.00 bits per heavy atom. The quantitative estimate of drug-likeness (QED) is 0.370. The summed E-state index contributed by atoms with van der Waals surface area (Å²) in [6.07, 6.45) is 4.38. The van der Waals surface area contributed by atoms with Gasteiger partial charge in [0.25, 0.3) is 0 Å². The van der Waals surface area contributed by atoms with Gasteiger partial charge in [0.05, 0.1) is 0 Å². The summed E-state index contributed by atoms with van der Waals surface area (Å²) in [6, 6.07) is 13.0. The van der Waals surface area contributed by atoms with Crippen LogP contribution in [-0.2, 0) is 29.0 Å². The lowest BCUT2D eigenvalue weighted by molar-refractivity contribution is -0.141. The van der Waals surface area contributed by atoms with Gasteiger partial charge in [-0.1, -0.05) is 80.7 Å². The van der Waals surface area contributed by atoms with E-state index in [4.69, 9.17) is 23.2 Å². The van der Waals surface area contributed by atoms with E-state index in [0.29, 0.717) is 35.9 Å². The maximum atomic E-state index is 13.3. The summed E-state index contributed by atoms with van der Waals surface area (Å²) in [5, 5.41) is 4.01. The molecule has 2 amide bonds. The molecule has 174 valence electrons. The molecule has 0 saturated carbocycles. The Kier molecular flexibility index (Phi) is 11.1. The van der Waals surface area contributed by atoms with Gasteiger partial charge in [-0.15, -0.1) is 0 Å². The van der Waals surface area contributed by atoms with Crippen LogP contribution in [0, 0.1) is 0 Å². The Balaban J connectivity index is 2.19. The lowest BCUT2D eigenvalue weighted by atomic mass is 10.0. The van der Waals surface area contributed by atoms with Gasteiger partial charge in [0, 0.05) is 29.6 Å². The van der Waals surface area contributed by atoms with Gasteiger partial charge in [-0.2, -0.15) is 0 Å². The number of hydrogen-bond acceptors (Lipinski definition) is 2. The summed E-state index contributed by atoms with van der Waals surface area (Å²) in [4.78, 5) is 27.9. The number of hydrogen-bond donors (Lipinski definition) is 1. The van der Waals surface area contributed by atoms with E-state index in [9.17, 15) is 9.59 Å². The average molecular weight is 477 g/mol. The topological polar surface area (TPSA) is 49.4 Å². The first kappa shape index (κ1) is 26.2. The highest BCUT2D eigenvalue weighted by Crippen LogP contribution is 2.24. The lowest BCUT2D eigenvalue weighted by Gasteiger charge is -2.31. The number of nitrogens with zero attached hydrogens (tertiary/aromatic N) is 1. The number of benzene rings is 2. The smallest absolute Gasteiger partial charge is 0.242 e. The van der Waals surface area contributed by atoms with Crippen LogP contribution in [0.4, 0.5) is 0 Å². The van der Waals surface area contributed by atoms with E-state index in [1.54, 1.807) is 17.0 Å². The number of carbonyl (C=O) groups excluding carboxylic acids is 2. The largest absolute Gasteiger partial charge is 0.354 e. The van der Waals surface area contributed by atoms with Crippen LogP contribution in [0.15, 0.2) is 42.5 Å². The number of carbonyl (C=O) groups is 2. The van der Waals surface area contributed by atoms with Gasteiger partial charge in [0.2, 0.25) is 11.8 Å². The highest BCUT2D eigenvalue weighted by atomic mass is 35.5. The summed E-state index contributed by atoms with van der Waals surface area (Å²) in [5.74, 6) is -0.181. The standard InChI is InChI=1S/C26H34Cl2N2O2/c1-4-7-16-29-26(32)24(6-3)30(18-21-13-14-22(27)17-23(21)28)25(31)15-12-20-10-8-19(5-2)9-11-20/h8-11,13-14,17,24H,4-7,12,15-16,18H2,1-3H3,(H,29,32)/t24-/m1/s1. The summed E-state index contributed by atoms with van der Waals surface area (Å²) in [5.41, 5.74) is 3.16. The Bertz CT molecular complexity index is 884. The van der Waals surface area contributed by atoms with Gasteiger partial charge >= 0.3 is 0 Å². The van der Waals surface area contributed by atoms with Crippen LogP contribution in [0.1, 0.15) is 63.1 Å². The second kappa shape index (κ2) is 13.5. The molecule has 0 bridgehead atoms. The van der Waals surface area contributed by atoms with E-state index >= 15 is 0 Å². The van der Waals surface area contributed by atoms with Gasteiger partial charge < -0.3 is 10.2 Å². The van der Waals surface area contributed by atoms with Crippen molar-refractivity contribution in [1.82, 2.24) is 10.2 Å². The maximum absolute atomic E-state index is 13.3. The monoisotopic (exact) mass is 476 g/mol. The normalized spacial score (nSPS) is 11.8. The second-order valence-corrected chi connectivity index (χ2v) is 8.84. The first-order chi connectivity index (χ1) is 15.4. The summed E-state index contributed by atoms with van der Waals surface area (Å²) in [6.45, 7) is 7.00. The molecular weight excluding hydrogens is 443 g/mol. The third kappa shape index (κ3) is 7.83. The number of halogens is 2. The number of nitrogens with one attached hydrogen (secondary N) is 1. The number of unbranched alkanes of at least 4 members (excludes halogenated alkanes) is 1. The van der Waals surface area contributed by atoms with E-state index in [-0.39, 0.29) is 18.4 Å². The first-order valence-corrected chi connectivity index (χ1v) is 12.2. The fraction of sp³-hybridized carbons (Fsp3) is 0.462. The number of amides is 2. The molecule has 2 aromatic rings. The zero-order chi connectivity index (χ0) is 23.5. The van der Waals surface area contributed by atoms with Gasteiger partial charge in [0.15, 0.2) is 0 Å². The molecule has 0 aliphatic heterocycles. The lowest BCUT2D eigenvalue weighted by Crippen LogP contribution is -2.49. The van der Waals surface area contributed by atoms with Crippen molar-refractivity contribution in [2.24, 2.45) is 0 Å². The van der Waals surface area contributed by atoms with Crippen molar-refractivity contribution in [2.75, 3.05) is 6.54 Å². The SMILES string of the molecule is CCCCNC(=O)[C@@H](CC)N(Cc1ccc(Cl)cc1Cl)C(=O)CCc1ccc(CC)cc1. The molecule has 0 aromatic heterocycles. The van der Waals surface area contributed by atoms with Crippen LogP contribution in [0.2, 0.25) is 10.0 Å². The van der Waals surface area contributed by atoms with Crippen molar-refractivity contribution in [2.45, 2.75) is 71.9 Å². The van der Waals surface area contributed by atoms with Crippen LogP contribution in [0.25, 0.3) is 0 Å². The summed E-state index contributed by atoms with van der Waals surface area (Å²) in [7, 11) is 0. The van der Waals surface area contributed by atoms with Crippen LogP contribution in [-0.4, -0.2) is 29.3 Å². The Labute approximate surface area is 202 Å². The molecule has 0 radical (unpaired) electrons. The Hall–Kier alpha value is -2.04. The van der Waals surface area contributed by atoms with Gasteiger partial charge in [-0.3, -0.25) is 9.59 Å². The van der Waals surface area contributed by atoms with E-state index < -0.39 is 6.04 Å². The van der Waals surface area contributed by atoms with Crippen molar-refractivity contribution < 1.29 is 9.59 Å². The zero-order valence-corrected chi connectivity index (χ0v) is 20.8. The van der Waals surface area contributed by atoms with E-state index in [2.05, 4.69) is 43.4 Å². The van der Waals surface area contributed by atoms with Crippen molar-refractivity contribution >= 4 is 35.0 Å². The van der Waals surface area contributed by atoms with Crippen LogP contribution < -0.4 is 5.32 Å². The number of aryl methyl sites for hydroxylation is 2. The third-order valence-corrected chi connectivity index (χ3v) is 6.22. The molecule has 0 spiro atoms. The van der Waals surface area contributed by atoms with E-state index in [0.717, 1.165) is 30.4 Å². The highest BCUT2D eigenvalue weighted by Gasteiger charge is 2.28. The second-order valence-electron chi connectivity index (χ2n) is 8.00. The fourth-order valence-electron chi connectivity index (χ4n) is 3.60. The molecule has 2 rings (SSSR count). The van der Waals surface area contributed by atoms with Crippen LogP contribution in [0.3, 0.4) is 0 Å². The molecule has 0 unspecified atom stereocenters. The van der Waals surface area contributed by atoms with E-state index in [1.807, 2.05) is 13.0 Å². The molecule has 4 nitrogen and oxygen atoms in total. The molecule has 1 atom stereocenters. The minimum atomic E-state index is -0.548. The molecule has 1 N–H and O–H groups in total. The minimum absolute atomic E-state index is 0.0620. The molecule has 32 heavy (non-hydrogen) atoms. The molecule has 6 heteroatoms. The molecule has 0 heterocycles. The molecule has 0 fully saturated rings. The Morgan fingerprint density at radius 3 is 2.28 bits per heavy atom. The highest BCUT2D eigenvalue weighted by molar-refractivity contribution is 6.35. The van der Waals surface area contributed by atoms with Crippen molar-refractivity contribution in [1.29, 1.82) is 0 Å². The van der Waals surface area contributed by atoms with E-state index in [1.165, 1.54) is 5.56 Å². The van der Waals surface area contributed by atoms with Crippen molar-refractivity contribution in [3.63, 3.8) is 0 Å². The van der Waals surface area contributed by atoms with Crippen LogP contribution >= 0.6 is 23.2 Å². The van der Waals surface area contributed by atoms with Crippen molar-refractivity contribution in [3.05, 3.63) is 69.2 Å². The molecule has 0 aliphatic rings. The molecular formula is C26H34Cl2N2O2. The summed E-state index contributed by atoms with van der Waals surface area (Å²) < 4.78 is 0. The predicted octanol–water partition coefficient (Wildman–Crippen LogP) is 6.21. The zero-order valence-electron chi connectivity index (χ0n) is 19.3. The minimum Gasteiger partial charge on any atom is -0.354 e. The molecule has 0 saturated heterocycles. The van der Waals surface area contributed by atoms with Gasteiger partial charge in [-0.05, 0) is 54.5 Å². The summed E-state index contributed by atoms with van der Waals surface area (Å²) >= 11 is 12.4. The van der Waals surface area contributed by atoms with Crippen LogP contribution in [0.5, 0.6) is 0 Å². The maximum Gasteiger partial charge on any atom is 0.242 e. The molecule has 0 aliphatic carbocycles. The predicted molar refractivity (Wildman–Crippen MR) is 133 cm³/mol. The van der Waals surface area contributed by atoms with Gasteiger partial charge in [-0.25, -0.2) is 0 Å². The molecule has 2 aromatic carbocycles. The van der Waals surface area contributed by atoms with Gasteiger partial charge in [0.1, 0.15) is 6.04 Å². The first-order valence-electron chi connectivity index (χ1n) is 11.5. The fourth-order valence-corrected chi connectivity index (χ4v) is 4.06. The average Bonchev–Trinajstić information content (AvgIpc) is 2.79. The Morgan fingerprint density at radius 2 is 1.69 bits per heavy atom.